The summed E-state index contributed by atoms with van der Waals surface area (Å²) in [7, 11) is -6.91. The van der Waals surface area contributed by atoms with E-state index in [1.165, 1.54) is 82.6 Å². The van der Waals surface area contributed by atoms with E-state index in [1.807, 2.05) is 40.7 Å². The highest BCUT2D eigenvalue weighted by Crippen LogP contribution is 2.74. The summed E-state index contributed by atoms with van der Waals surface area (Å²) in [5.74, 6) is 20.4. The maximum Gasteiger partial charge on any atom is 0.226 e. The molecular weight excluding hydrogens is 1980 g/mol. The predicted molar refractivity (Wildman–Crippen MR) is 638 cm³/mol. The Morgan fingerprint density at radius 3 is 1.07 bits per heavy atom. The molecule has 11 fully saturated rings. The zero-order valence-electron chi connectivity index (χ0n) is 96.8. The molecule has 0 amide bonds. The van der Waals surface area contributed by atoms with E-state index < -0.39 is 48.5 Å². The molecule has 2 aliphatic heterocycles. The van der Waals surface area contributed by atoms with Crippen LogP contribution in [0.2, 0.25) is 72.5 Å². The van der Waals surface area contributed by atoms with Gasteiger partial charge in [-0.05, 0) is 272 Å². The van der Waals surface area contributed by atoms with Crippen LogP contribution in [0.3, 0.4) is 0 Å². The first-order valence-corrected chi connectivity index (χ1v) is 67.9. The Morgan fingerprint density at radius 1 is 0.388 bits per heavy atom. The zero-order valence-corrected chi connectivity index (χ0v) is 103. The van der Waals surface area contributed by atoms with Crippen molar-refractivity contribution in [3.05, 3.63) is 93.1 Å². The minimum atomic E-state index is -1.95. The van der Waals surface area contributed by atoms with Crippen molar-refractivity contribution in [3.63, 3.8) is 0 Å². The first kappa shape index (κ1) is 129. The fourth-order valence-corrected chi connectivity index (χ4v) is 34.3. The Bertz CT molecular complexity index is 5620. The van der Waals surface area contributed by atoms with Crippen molar-refractivity contribution < 1.29 is 42.9 Å². The number of allylic oxidation sites excluding steroid dienone is 14. The third-order valence-electron chi connectivity index (χ3n) is 43.8. The van der Waals surface area contributed by atoms with Crippen LogP contribution in [0.4, 0.5) is 0 Å². The molecule has 818 valence electrons. The molecule has 9 saturated carbocycles. The Morgan fingerprint density at radius 2 is 0.714 bits per heavy atom. The van der Waals surface area contributed by atoms with Crippen molar-refractivity contribution in [1.29, 1.82) is 5.26 Å². The summed E-state index contributed by atoms with van der Waals surface area (Å²) in [6.45, 7) is 95.2. The minimum Gasteiger partial charge on any atom is -0.347 e. The number of ether oxygens (including phenoxy) is 4. The monoisotopic (exact) mass is 2190 g/mol. The Kier molecular flexibility index (Phi) is 38.3. The van der Waals surface area contributed by atoms with E-state index in [2.05, 4.69) is 299 Å². The number of hydrogen-bond acceptors (Lipinski definition) is 10. The van der Waals surface area contributed by atoms with E-state index in [9.17, 15) is 29.2 Å². The fourth-order valence-electron chi connectivity index (χ4n) is 30.6. The molecule has 0 bridgehead atoms. The van der Waals surface area contributed by atoms with Gasteiger partial charge in [-0.25, -0.2) is 4.85 Å². The lowest BCUT2D eigenvalue weighted by Crippen LogP contribution is -2.61. The quantitative estimate of drug-likeness (QED) is 0.0754. The molecule has 17 aliphatic rings. The van der Waals surface area contributed by atoms with Crippen LogP contribution >= 0.6 is 24.0 Å². The lowest BCUT2D eigenvalue weighted by atomic mass is 9.43. The lowest BCUT2D eigenvalue weighted by Gasteiger charge is -2.64. The highest BCUT2D eigenvalue weighted by molar-refractivity contribution is 14.0. The summed E-state index contributed by atoms with van der Waals surface area (Å²) in [6.07, 6.45) is 51.3. The molecule has 15 aliphatic carbocycles. The summed E-state index contributed by atoms with van der Waals surface area (Å²) in [5.41, 5.74) is 20.4. The van der Waals surface area contributed by atoms with Gasteiger partial charge in [0.2, 0.25) is 5.70 Å². The SMILES string of the molecule is C.C.C.C.C#C[C@]12CCCC=C1[C@@]1(C)CCC3(OCCO3)C(C)(C)C1CC2.CC.CC1(C)C(=O)CC[C@]2(C)C3=CC(=O)CC[C@]3(C#C[Si](C)(C)C(C)(C)C)CCC12.CC1(C)C(=O)CC[C@]2(C)C3=CCCC[C@]3(C#C[Si](C)(C)C(C)(C)C)CCC12.CC1(C)C2CC[C@@]3(C#C[Si](C)(C)C(C)(C)C)CCCC=C3[C@@]2(C)CCC12OCCO2.I.[C-]#[N+]C1=C[C@]2(C)C3=CC(=O)C(C#N)=C[C@]3(C#C[Si](C)(C)C(C)(C)C)CCC2C(C)(C)C1=O. The number of rotatable bonds is 0. The second-order valence-electron chi connectivity index (χ2n) is 57.3. The number of nitriles is 1. The third-order valence-corrected chi connectivity index (χ3v) is 61.8. The van der Waals surface area contributed by atoms with E-state index in [0.29, 0.717) is 64.6 Å². The number of nitrogens with zero attached hydrogens (tertiary/aromatic N) is 2. The maximum atomic E-state index is 13.0. The van der Waals surface area contributed by atoms with Crippen LogP contribution < -0.4 is 0 Å². The smallest absolute Gasteiger partial charge is 0.226 e. The number of halogens is 1. The minimum absolute atomic E-state index is 0. The van der Waals surface area contributed by atoms with Gasteiger partial charge in [0.1, 0.15) is 49.9 Å². The van der Waals surface area contributed by atoms with Crippen LogP contribution in [-0.4, -0.2) is 99.2 Å². The molecule has 0 aromatic rings. The zero-order chi connectivity index (χ0) is 106. The van der Waals surface area contributed by atoms with Crippen molar-refractivity contribution in [3.8, 4) is 64.3 Å². The van der Waals surface area contributed by atoms with Gasteiger partial charge in [-0.2, -0.15) is 5.26 Å². The molecular formula is C131H207IN2O9Si4. The number of Topliss-reactive ketones (excluding diaryl/α,β-unsaturated/α-hetero) is 3. The number of fused-ring (bicyclic) bond motifs is 15. The highest BCUT2D eigenvalue weighted by atomic mass is 127. The average Bonchev–Trinajstić information content (AvgIpc) is 1.53. The van der Waals surface area contributed by atoms with Gasteiger partial charge in [0.15, 0.2) is 28.9 Å². The topological polar surface area (TPSA) is 150 Å². The molecule has 15 atom stereocenters. The largest absolute Gasteiger partial charge is 0.347 e. The molecule has 5 unspecified atom stereocenters. The number of terminal acetylenes is 1. The van der Waals surface area contributed by atoms with Crippen LogP contribution in [-0.2, 0) is 42.9 Å². The van der Waals surface area contributed by atoms with Crippen molar-refractivity contribution >= 4 is 85.2 Å². The molecule has 2 spiro atoms. The number of ketones is 5. The van der Waals surface area contributed by atoms with Gasteiger partial charge >= 0.3 is 0 Å². The van der Waals surface area contributed by atoms with Gasteiger partial charge in [0.05, 0.1) is 65.6 Å². The Hall–Kier alpha value is -5.25. The molecule has 16 heteroatoms. The van der Waals surface area contributed by atoms with Crippen molar-refractivity contribution in [2.75, 3.05) is 26.4 Å². The van der Waals surface area contributed by atoms with Gasteiger partial charge in [-0.15, -0.1) is 52.6 Å². The van der Waals surface area contributed by atoms with Gasteiger partial charge in [0.25, 0.3) is 0 Å². The van der Waals surface area contributed by atoms with Gasteiger partial charge in [0, 0.05) is 64.6 Å². The van der Waals surface area contributed by atoms with E-state index in [1.54, 1.807) is 34.9 Å². The van der Waals surface area contributed by atoms with Crippen molar-refractivity contribution in [1.82, 2.24) is 0 Å². The molecule has 2 heterocycles. The molecule has 0 N–H and O–H groups in total. The summed E-state index contributed by atoms with van der Waals surface area (Å²) in [5, 5.41) is 10.5. The summed E-state index contributed by atoms with van der Waals surface area (Å²) >= 11 is 0. The van der Waals surface area contributed by atoms with Crippen molar-refractivity contribution in [2.24, 2.45) is 111 Å². The van der Waals surface area contributed by atoms with E-state index in [4.69, 9.17) is 31.9 Å². The number of carbonyl (C=O) groups is 5. The summed E-state index contributed by atoms with van der Waals surface area (Å²) in [4.78, 5) is 67.2. The fraction of sp³-hybridized carbons (Fsp3) is 0.763. The van der Waals surface area contributed by atoms with Crippen LogP contribution in [0.15, 0.2) is 81.7 Å². The van der Waals surface area contributed by atoms with Crippen LogP contribution in [0, 0.1) is 187 Å². The second kappa shape index (κ2) is 43.7. The molecule has 0 aromatic heterocycles. The normalized spacial score (nSPS) is 34.8. The molecule has 2 saturated heterocycles. The molecule has 17 rings (SSSR count). The van der Waals surface area contributed by atoms with Crippen LogP contribution in [0.25, 0.3) is 4.85 Å². The van der Waals surface area contributed by atoms with Crippen LogP contribution in [0.1, 0.15) is 417 Å². The van der Waals surface area contributed by atoms with E-state index >= 15 is 0 Å². The molecule has 147 heavy (non-hydrogen) atoms. The summed E-state index contributed by atoms with van der Waals surface area (Å²) < 4.78 is 25.0. The standard InChI is InChI=1S/C27H32N2O2Si.C27H44O2Si.C25H38O2Si.C25H40OSi.C21H30O2.C2H6.4CH4.HI/c1-24(2,3)32(8,9)13-12-27-11-10-21-25(4,5)23(31)19(29-7)16-26(21,6)22(27)14-20(30)18(15-27)17-28;1-23(2,3)30(7,8)20-17-26-13-10-9-11-22(26)25(6)15-16-27(28-18-19-29-27)24(4,5)21(25)12-14-26;1-22(2,3)28(7,8)16-15-25-13-9-18(26)17-20(25)24(6)12-11-21(27)23(4,5)19(24)10-14-25;1-22(2,3)27(7,8)18-17-25-14-10-9-11-20(25)24(6)15-13-21(26)23(4,5)19(24)12-16-25;1-5-20-10-7-6-8-17(20)19(4)12-13-21(22-14-15-23-21)18(2,3)16(19)9-11-20;1-2;;;;;/h14-16,21H,10-11H2,1-6,8-9H3;11,21H,9-10,12-16,18-19H2,1-8H3;17,19H,9-14H2,1-8H3;11,19H,9-10,12-16H2,1-8H3;1,8,16H,6-7,9-15H2,2-4H3;1-2H3;4*1H4;1H/t21?,26-,27+;21?,25-,26+;2*19?,24-,25+;16?,19-,20+;;;;;;/m00000....../s1. The summed E-state index contributed by atoms with van der Waals surface area (Å²) in [6, 6.07) is 2.06. The first-order valence-electron chi connectivity index (χ1n) is 55.9. The first-order chi connectivity index (χ1) is 65.2. The Labute approximate surface area is 921 Å². The van der Waals surface area contributed by atoms with Crippen LogP contribution in [0.5, 0.6) is 0 Å². The highest BCUT2D eigenvalue weighted by Gasteiger charge is 2.70. The van der Waals surface area contributed by atoms with Gasteiger partial charge in [-0.1, -0.05) is 337 Å². The van der Waals surface area contributed by atoms with Gasteiger partial charge in [-0.3, -0.25) is 19.2 Å². The number of carbonyl (C=O) groups excluding carboxylic acids is 5. The van der Waals surface area contributed by atoms with E-state index in [-0.39, 0.29) is 175 Å². The van der Waals surface area contributed by atoms with Crippen molar-refractivity contribution in [2.45, 2.75) is 501 Å². The molecule has 0 radical (unpaired) electrons. The maximum absolute atomic E-state index is 13.0. The van der Waals surface area contributed by atoms with Gasteiger partial charge < -0.3 is 23.7 Å². The Balaban J connectivity index is 0.000000246. The average molecular weight is 2190 g/mol. The second-order valence-corrected chi connectivity index (χ2v) is 77.3. The predicted octanol–water partition coefficient (Wildman–Crippen LogP) is 34.9. The lowest BCUT2D eigenvalue weighted by molar-refractivity contribution is -0.284. The van der Waals surface area contributed by atoms with E-state index in [0.717, 1.165) is 122 Å². The molecule has 0 aromatic carbocycles. The number of hydrogen-bond donors (Lipinski definition) is 0. The molecule has 11 nitrogen and oxygen atoms in total. The third kappa shape index (κ3) is 21.9.